The Bertz CT molecular complexity index is 552. The third-order valence-corrected chi connectivity index (χ3v) is 3.30. The zero-order valence-electron chi connectivity index (χ0n) is 10.0. The minimum absolute atomic E-state index is 0.436. The van der Waals surface area contributed by atoms with Gasteiger partial charge in [0, 0.05) is 12.3 Å². The van der Waals surface area contributed by atoms with E-state index in [0.29, 0.717) is 6.42 Å². The summed E-state index contributed by atoms with van der Waals surface area (Å²) < 4.78 is 34.0. The minimum atomic E-state index is -3.15. The summed E-state index contributed by atoms with van der Waals surface area (Å²) in [4.78, 5) is 24.4. The Morgan fingerprint density at radius 3 is 2.67 bits per heavy atom. The number of aromatic nitrogens is 2. The third kappa shape index (κ3) is 1.88. The lowest BCUT2D eigenvalue weighted by Gasteiger charge is -2.21. The molecule has 2 heterocycles. The summed E-state index contributed by atoms with van der Waals surface area (Å²) in [6.07, 6.45) is -0.804. The number of halogens is 2. The Kier molecular flexibility index (Phi) is 3.10. The predicted molar refractivity (Wildman–Crippen MR) is 59.6 cm³/mol. The number of ether oxygens (including phenoxy) is 1. The SMILES string of the molecule is CC[C@H]1O[C@@H](n2ccc(=O)[nH]c2=O)C(F)(F)[C@H]1C. The molecule has 100 valence electrons. The molecule has 0 saturated carbocycles. The smallest absolute Gasteiger partial charge is 0.330 e. The van der Waals surface area contributed by atoms with Crippen LogP contribution in [-0.4, -0.2) is 21.6 Å². The molecule has 0 spiro atoms. The highest BCUT2D eigenvalue weighted by Crippen LogP contribution is 2.46. The number of hydrogen-bond acceptors (Lipinski definition) is 3. The van der Waals surface area contributed by atoms with Crippen molar-refractivity contribution in [2.45, 2.75) is 38.5 Å². The number of alkyl halides is 2. The van der Waals surface area contributed by atoms with Crippen molar-refractivity contribution >= 4 is 0 Å². The summed E-state index contributed by atoms with van der Waals surface area (Å²) >= 11 is 0. The molecule has 1 aromatic rings. The van der Waals surface area contributed by atoms with Gasteiger partial charge in [-0.2, -0.15) is 0 Å². The fourth-order valence-corrected chi connectivity index (χ4v) is 2.16. The van der Waals surface area contributed by atoms with Crippen LogP contribution in [0.4, 0.5) is 8.78 Å². The van der Waals surface area contributed by atoms with Gasteiger partial charge in [0.15, 0.2) is 0 Å². The molecule has 2 rings (SSSR count). The first-order chi connectivity index (χ1) is 8.37. The molecule has 1 aliphatic rings. The maximum atomic E-state index is 14.0. The molecular formula is C11H14F2N2O3. The third-order valence-electron chi connectivity index (χ3n) is 3.30. The lowest BCUT2D eigenvalue weighted by atomic mass is 9.98. The van der Waals surface area contributed by atoms with Crippen molar-refractivity contribution in [3.8, 4) is 0 Å². The van der Waals surface area contributed by atoms with Crippen LogP contribution in [0.15, 0.2) is 21.9 Å². The summed E-state index contributed by atoms with van der Waals surface area (Å²) in [6.45, 7) is 3.14. The molecule has 1 aromatic heterocycles. The quantitative estimate of drug-likeness (QED) is 0.866. The van der Waals surface area contributed by atoms with Crippen molar-refractivity contribution in [1.82, 2.24) is 9.55 Å². The van der Waals surface area contributed by atoms with Crippen molar-refractivity contribution in [2.24, 2.45) is 5.92 Å². The first-order valence-corrected chi connectivity index (χ1v) is 5.72. The van der Waals surface area contributed by atoms with E-state index in [1.54, 1.807) is 6.92 Å². The number of H-pyrrole nitrogens is 1. The van der Waals surface area contributed by atoms with Gasteiger partial charge in [0.25, 0.3) is 11.5 Å². The second kappa shape index (κ2) is 4.31. The average molecular weight is 260 g/mol. The van der Waals surface area contributed by atoms with E-state index in [1.807, 2.05) is 4.98 Å². The van der Waals surface area contributed by atoms with Crippen LogP contribution in [-0.2, 0) is 4.74 Å². The highest BCUT2D eigenvalue weighted by atomic mass is 19.3. The molecule has 0 bridgehead atoms. The Labute approximate surface area is 101 Å². The van der Waals surface area contributed by atoms with Crippen molar-refractivity contribution in [2.75, 3.05) is 0 Å². The molecule has 1 fully saturated rings. The van der Waals surface area contributed by atoms with E-state index in [0.717, 1.165) is 16.8 Å². The van der Waals surface area contributed by atoms with Crippen molar-refractivity contribution in [3.63, 3.8) is 0 Å². The van der Waals surface area contributed by atoms with E-state index in [4.69, 9.17) is 4.74 Å². The van der Waals surface area contributed by atoms with Crippen LogP contribution < -0.4 is 11.2 Å². The molecule has 7 heteroatoms. The average Bonchev–Trinajstić information content (AvgIpc) is 2.52. The zero-order valence-corrected chi connectivity index (χ0v) is 10.0. The highest BCUT2D eigenvalue weighted by molar-refractivity contribution is 4.95. The summed E-state index contributed by atoms with van der Waals surface area (Å²) in [5.74, 6) is -4.13. The van der Waals surface area contributed by atoms with E-state index in [-0.39, 0.29) is 0 Å². The number of rotatable bonds is 2. The second-order valence-corrected chi connectivity index (χ2v) is 4.42. The molecule has 0 unspecified atom stereocenters. The van der Waals surface area contributed by atoms with Crippen molar-refractivity contribution < 1.29 is 13.5 Å². The van der Waals surface area contributed by atoms with E-state index in [2.05, 4.69) is 0 Å². The second-order valence-electron chi connectivity index (χ2n) is 4.42. The monoisotopic (exact) mass is 260 g/mol. The number of nitrogens with zero attached hydrogens (tertiary/aromatic N) is 1. The predicted octanol–water partition coefficient (Wildman–Crippen LogP) is 1.12. The largest absolute Gasteiger partial charge is 0.348 e. The van der Waals surface area contributed by atoms with Gasteiger partial charge in [-0.15, -0.1) is 0 Å². The first-order valence-electron chi connectivity index (χ1n) is 5.72. The fraction of sp³-hybridized carbons (Fsp3) is 0.636. The molecule has 5 nitrogen and oxygen atoms in total. The molecule has 0 aliphatic carbocycles. The van der Waals surface area contributed by atoms with Crippen LogP contribution in [0.25, 0.3) is 0 Å². The molecule has 0 radical (unpaired) electrons. The van der Waals surface area contributed by atoms with Gasteiger partial charge >= 0.3 is 5.69 Å². The van der Waals surface area contributed by atoms with Crippen LogP contribution in [0, 0.1) is 5.92 Å². The molecule has 0 aromatic carbocycles. The zero-order chi connectivity index (χ0) is 13.5. The van der Waals surface area contributed by atoms with Crippen LogP contribution in [0.2, 0.25) is 0 Å². The minimum Gasteiger partial charge on any atom is -0.348 e. The first kappa shape index (κ1) is 12.9. The van der Waals surface area contributed by atoms with Crippen molar-refractivity contribution in [3.05, 3.63) is 33.1 Å². The number of nitrogens with one attached hydrogen (secondary N) is 1. The molecule has 1 aliphatic heterocycles. The Balaban J connectivity index is 2.45. The molecule has 0 amide bonds. The standard InChI is InChI=1S/C11H14F2N2O3/c1-3-7-6(2)11(12,13)9(18-7)15-5-4-8(16)14-10(15)17/h4-7,9H,3H2,1-2H3,(H,14,16,17)/t6-,7+,9+/m0/s1. The van der Waals surface area contributed by atoms with Crippen LogP contribution in [0.5, 0.6) is 0 Å². The molecule has 1 N–H and O–H groups in total. The van der Waals surface area contributed by atoms with Gasteiger partial charge in [-0.25, -0.2) is 13.6 Å². The Hall–Kier alpha value is -1.50. The summed E-state index contributed by atoms with van der Waals surface area (Å²) in [5.41, 5.74) is -1.52. The maximum Gasteiger partial charge on any atom is 0.330 e. The van der Waals surface area contributed by atoms with E-state index in [1.165, 1.54) is 6.92 Å². The van der Waals surface area contributed by atoms with Gasteiger partial charge < -0.3 is 4.74 Å². The summed E-state index contributed by atoms with van der Waals surface area (Å²) in [5, 5.41) is 0. The van der Waals surface area contributed by atoms with Gasteiger partial charge in [0.2, 0.25) is 6.23 Å². The lowest BCUT2D eigenvalue weighted by molar-refractivity contribution is -0.125. The van der Waals surface area contributed by atoms with Crippen molar-refractivity contribution in [1.29, 1.82) is 0 Å². The van der Waals surface area contributed by atoms with E-state index < -0.39 is 35.4 Å². The van der Waals surface area contributed by atoms with Gasteiger partial charge in [-0.05, 0) is 6.42 Å². The lowest BCUT2D eigenvalue weighted by Crippen LogP contribution is -2.39. The molecule has 3 atom stereocenters. The van der Waals surface area contributed by atoms with E-state index >= 15 is 0 Å². The van der Waals surface area contributed by atoms with Gasteiger partial charge in [0.05, 0.1) is 12.0 Å². The van der Waals surface area contributed by atoms with E-state index in [9.17, 15) is 18.4 Å². The molecule has 18 heavy (non-hydrogen) atoms. The normalized spacial score (nSPS) is 30.6. The highest BCUT2D eigenvalue weighted by Gasteiger charge is 2.57. The van der Waals surface area contributed by atoms with Gasteiger partial charge in [0.1, 0.15) is 0 Å². The Morgan fingerprint density at radius 1 is 1.50 bits per heavy atom. The van der Waals surface area contributed by atoms with Crippen LogP contribution in [0.1, 0.15) is 26.5 Å². The molecular weight excluding hydrogens is 246 g/mol. The number of aromatic amines is 1. The summed E-state index contributed by atoms with van der Waals surface area (Å²) in [7, 11) is 0. The van der Waals surface area contributed by atoms with Gasteiger partial charge in [-0.1, -0.05) is 13.8 Å². The number of hydrogen-bond donors (Lipinski definition) is 1. The maximum absolute atomic E-state index is 14.0. The van der Waals surface area contributed by atoms with Crippen LogP contribution >= 0.6 is 0 Å². The fourth-order valence-electron chi connectivity index (χ4n) is 2.16. The van der Waals surface area contributed by atoms with Crippen LogP contribution in [0.3, 0.4) is 0 Å². The Morgan fingerprint density at radius 2 is 2.17 bits per heavy atom. The molecule has 1 saturated heterocycles. The summed E-state index contributed by atoms with van der Waals surface area (Å²) in [6, 6.07) is 1.02. The topological polar surface area (TPSA) is 64.1 Å². The van der Waals surface area contributed by atoms with Gasteiger partial charge in [-0.3, -0.25) is 14.3 Å².